The van der Waals surface area contributed by atoms with Gasteiger partial charge in [-0.3, -0.25) is 4.99 Å². The Morgan fingerprint density at radius 1 is 1.33 bits per heavy atom. The molecule has 0 fully saturated rings. The van der Waals surface area contributed by atoms with Crippen LogP contribution in [0, 0.1) is 0 Å². The summed E-state index contributed by atoms with van der Waals surface area (Å²) in [6.45, 7) is 8.81. The summed E-state index contributed by atoms with van der Waals surface area (Å²) in [6.07, 6.45) is 0. The highest BCUT2D eigenvalue weighted by molar-refractivity contribution is 6.42. The Hall–Kier alpha value is -0.970. The van der Waals surface area contributed by atoms with Crippen molar-refractivity contribution < 1.29 is 0 Å². The van der Waals surface area contributed by atoms with Crippen molar-refractivity contribution in [3.8, 4) is 0 Å². The van der Waals surface area contributed by atoms with E-state index in [0.29, 0.717) is 22.5 Å². The van der Waals surface area contributed by atoms with E-state index in [4.69, 9.17) is 28.9 Å². The summed E-state index contributed by atoms with van der Waals surface area (Å²) < 4.78 is 0. The minimum Gasteiger partial charge on any atom is -0.370 e. The maximum atomic E-state index is 6.34. The van der Waals surface area contributed by atoms with Crippen molar-refractivity contribution in [3.05, 3.63) is 33.8 Å². The zero-order valence-corrected chi connectivity index (χ0v) is 14.0. The SMILES string of the molecule is CCN(CC)CCN1C(N)=NCC1c1cccc(Cl)c1Cl. The summed E-state index contributed by atoms with van der Waals surface area (Å²) in [4.78, 5) is 8.86. The van der Waals surface area contributed by atoms with Crippen molar-refractivity contribution in [1.29, 1.82) is 0 Å². The van der Waals surface area contributed by atoms with Crippen molar-refractivity contribution >= 4 is 29.2 Å². The number of guanidine groups is 1. The number of nitrogens with two attached hydrogens (primary N) is 1. The minimum absolute atomic E-state index is 0.0757. The Morgan fingerprint density at radius 3 is 2.71 bits per heavy atom. The van der Waals surface area contributed by atoms with Crippen LogP contribution in [0.4, 0.5) is 0 Å². The van der Waals surface area contributed by atoms with E-state index in [9.17, 15) is 0 Å². The third-order valence-corrected chi connectivity index (χ3v) is 4.82. The highest BCUT2D eigenvalue weighted by atomic mass is 35.5. The molecule has 0 saturated carbocycles. The van der Waals surface area contributed by atoms with Crippen LogP contribution in [-0.2, 0) is 0 Å². The lowest BCUT2D eigenvalue weighted by Gasteiger charge is -2.29. The fraction of sp³-hybridized carbons (Fsp3) is 0.533. The first kappa shape index (κ1) is 16.4. The molecule has 1 heterocycles. The van der Waals surface area contributed by atoms with Crippen molar-refractivity contribution in [2.75, 3.05) is 32.7 Å². The topological polar surface area (TPSA) is 44.9 Å². The van der Waals surface area contributed by atoms with E-state index in [2.05, 4.69) is 28.6 Å². The summed E-state index contributed by atoms with van der Waals surface area (Å²) in [5, 5.41) is 1.17. The molecule has 1 unspecified atom stereocenters. The van der Waals surface area contributed by atoms with Crippen LogP contribution >= 0.6 is 23.2 Å². The van der Waals surface area contributed by atoms with Crippen LogP contribution in [0.3, 0.4) is 0 Å². The number of likely N-dealkylation sites (N-methyl/N-ethyl adjacent to an activating group) is 1. The highest BCUT2D eigenvalue weighted by Gasteiger charge is 2.29. The van der Waals surface area contributed by atoms with Gasteiger partial charge in [0.05, 0.1) is 22.6 Å². The fourth-order valence-corrected chi connectivity index (χ4v) is 3.07. The zero-order valence-electron chi connectivity index (χ0n) is 12.5. The van der Waals surface area contributed by atoms with E-state index in [0.717, 1.165) is 31.7 Å². The predicted octanol–water partition coefficient (Wildman–Crippen LogP) is 3.01. The third kappa shape index (κ3) is 3.62. The lowest BCUT2D eigenvalue weighted by molar-refractivity contribution is 0.248. The molecule has 116 valence electrons. The monoisotopic (exact) mass is 328 g/mol. The van der Waals surface area contributed by atoms with Gasteiger partial charge in [0.15, 0.2) is 5.96 Å². The fourth-order valence-electron chi connectivity index (χ4n) is 2.63. The van der Waals surface area contributed by atoms with Crippen LogP contribution < -0.4 is 5.73 Å². The van der Waals surface area contributed by atoms with Gasteiger partial charge in [0.25, 0.3) is 0 Å². The van der Waals surface area contributed by atoms with Crippen molar-refractivity contribution in [3.63, 3.8) is 0 Å². The van der Waals surface area contributed by atoms with Gasteiger partial charge in [-0.15, -0.1) is 0 Å². The van der Waals surface area contributed by atoms with E-state index >= 15 is 0 Å². The maximum Gasteiger partial charge on any atom is 0.191 e. The minimum atomic E-state index is 0.0757. The average molecular weight is 329 g/mol. The van der Waals surface area contributed by atoms with Crippen molar-refractivity contribution in [1.82, 2.24) is 9.80 Å². The molecule has 1 aliphatic rings. The van der Waals surface area contributed by atoms with Gasteiger partial charge >= 0.3 is 0 Å². The van der Waals surface area contributed by atoms with Gasteiger partial charge in [0.2, 0.25) is 0 Å². The van der Waals surface area contributed by atoms with E-state index in [1.165, 1.54) is 0 Å². The van der Waals surface area contributed by atoms with Gasteiger partial charge in [-0.05, 0) is 24.7 Å². The molecule has 21 heavy (non-hydrogen) atoms. The first-order chi connectivity index (χ1) is 10.1. The van der Waals surface area contributed by atoms with Crippen LogP contribution in [0.5, 0.6) is 0 Å². The molecule has 4 nitrogen and oxygen atoms in total. The quantitative estimate of drug-likeness (QED) is 0.873. The molecule has 1 aliphatic heterocycles. The van der Waals surface area contributed by atoms with Crippen molar-refractivity contribution in [2.45, 2.75) is 19.9 Å². The molecule has 0 aliphatic carbocycles. The van der Waals surface area contributed by atoms with Gasteiger partial charge in [-0.1, -0.05) is 49.2 Å². The summed E-state index contributed by atoms with van der Waals surface area (Å²) in [5.41, 5.74) is 7.04. The van der Waals surface area contributed by atoms with E-state index in [-0.39, 0.29) is 6.04 Å². The molecule has 0 aromatic heterocycles. The van der Waals surface area contributed by atoms with Crippen molar-refractivity contribution in [2.24, 2.45) is 10.7 Å². The molecule has 0 amide bonds. The highest BCUT2D eigenvalue weighted by Crippen LogP contribution is 2.34. The average Bonchev–Trinajstić information content (AvgIpc) is 2.84. The number of rotatable bonds is 6. The van der Waals surface area contributed by atoms with Crippen LogP contribution in [0.15, 0.2) is 23.2 Å². The number of hydrogen-bond acceptors (Lipinski definition) is 4. The molecule has 1 atom stereocenters. The molecule has 0 spiro atoms. The van der Waals surface area contributed by atoms with E-state index in [1.54, 1.807) is 6.07 Å². The molecule has 2 N–H and O–H groups in total. The Labute approximate surface area is 136 Å². The van der Waals surface area contributed by atoms with Crippen LogP contribution in [-0.4, -0.2) is 48.5 Å². The molecular formula is C15H22Cl2N4. The lowest BCUT2D eigenvalue weighted by atomic mass is 10.1. The standard InChI is InChI=1S/C15H22Cl2N4/c1-3-20(4-2)8-9-21-13(10-19-15(21)18)11-6-5-7-12(16)14(11)17/h5-7,13H,3-4,8-10H2,1-2H3,(H2,18,19). The first-order valence-electron chi connectivity index (χ1n) is 7.31. The largest absolute Gasteiger partial charge is 0.370 e. The van der Waals surface area contributed by atoms with Gasteiger partial charge in [-0.25, -0.2) is 0 Å². The Kier molecular flexibility index (Phi) is 5.73. The van der Waals surface area contributed by atoms with E-state index in [1.807, 2.05) is 12.1 Å². The molecule has 2 rings (SSSR count). The summed E-state index contributed by atoms with van der Waals surface area (Å²) in [7, 11) is 0. The Bertz CT molecular complexity index is 514. The van der Waals surface area contributed by atoms with Crippen LogP contribution in [0.2, 0.25) is 10.0 Å². The maximum absolute atomic E-state index is 6.34. The second-order valence-electron chi connectivity index (χ2n) is 5.08. The number of benzene rings is 1. The van der Waals surface area contributed by atoms with Gasteiger partial charge in [0, 0.05) is 13.1 Å². The molecule has 6 heteroatoms. The smallest absolute Gasteiger partial charge is 0.191 e. The summed E-state index contributed by atoms with van der Waals surface area (Å²) >= 11 is 12.5. The summed E-state index contributed by atoms with van der Waals surface area (Å²) in [5.74, 6) is 0.586. The van der Waals surface area contributed by atoms with Gasteiger partial charge < -0.3 is 15.5 Å². The van der Waals surface area contributed by atoms with Gasteiger partial charge in [-0.2, -0.15) is 0 Å². The molecule has 1 aromatic rings. The molecule has 1 aromatic carbocycles. The number of hydrogen-bond donors (Lipinski definition) is 1. The molecule has 0 bridgehead atoms. The second kappa shape index (κ2) is 7.34. The predicted molar refractivity (Wildman–Crippen MR) is 90.2 cm³/mol. The Balaban J connectivity index is 2.14. The number of aliphatic imine (C=N–C) groups is 1. The third-order valence-electron chi connectivity index (χ3n) is 3.99. The van der Waals surface area contributed by atoms with Gasteiger partial charge in [0.1, 0.15) is 0 Å². The first-order valence-corrected chi connectivity index (χ1v) is 8.06. The normalized spacial score (nSPS) is 18.4. The lowest BCUT2D eigenvalue weighted by Crippen LogP contribution is -2.41. The van der Waals surface area contributed by atoms with Crippen LogP contribution in [0.25, 0.3) is 0 Å². The number of nitrogens with zero attached hydrogens (tertiary/aromatic N) is 3. The molecule has 0 radical (unpaired) electrons. The number of halogens is 2. The Morgan fingerprint density at radius 2 is 2.05 bits per heavy atom. The summed E-state index contributed by atoms with van der Waals surface area (Å²) in [6, 6.07) is 5.79. The molecular weight excluding hydrogens is 307 g/mol. The molecule has 0 saturated heterocycles. The zero-order chi connectivity index (χ0) is 15.4. The van der Waals surface area contributed by atoms with Crippen LogP contribution in [0.1, 0.15) is 25.5 Å². The van der Waals surface area contributed by atoms with E-state index < -0.39 is 0 Å². The second-order valence-corrected chi connectivity index (χ2v) is 5.86.